The summed E-state index contributed by atoms with van der Waals surface area (Å²) in [6.45, 7) is 7.17. The average Bonchev–Trinajstić information content (AvgIpc) is 2.40. The second-order valence-corrected chi connectivity index (χ2v) is 3.93. The molecule has 18 heavy (non-hydrogen) atoms. The molecule has 1 aromatic heterocycles. The van der Waals surface area contributed by atoms with Crippen molar-refractivity contribution in [2.24, 2.45) is 5.84 Å². The maximum absolute atomic E-state index is 12.1. The summed E-state index contributed by atoms with van der Waals surface area (Å²) < 4.78 is 0. The molecule has 0 aliphatic rings. The standard InChI is InChI=1S/C12H21N5O/c1-4-17(5-2)12(18)9(3)14-10-7-6-8-11(15-10)16-13/h6-9H,4-5,13H2,1-3H3,(H2,14,15,16). The third-order valence-corrected chi connectivity index (χ3v) is 2.71. The van der Waals surface area contributed by atoms with Gasteiger partial charge >= 0.3 is 0 Å². The molecule has 6 nitrogen and oxygen atoms in total. The topological polar surface area (TPSA) is 83.3 Å². The molecular weight excluding hydrogens is 230 g/mol. The highest BCUT2D eigenvalue weighted by Crippen LogP contribution is 2.10. The lowest BCUT2D eigenvalue weighted by Crippen LogP contribution is -2.41. The van der Waals surface area contributed by atoms with E-state index in [1.165, 1.54) is 0 Å². The minimum atomic E-state index is -0.314. The number of hydrogen-bond donors (Lipinski definition) is 3. The molecule has 1 heterocycles. The van der Waals surface area contributed by atoms with E-state index in [1.807, 2.05) is 26.8 Å². The Morgan fingerprint density at radius 1 is 1.39 bits per heavy atom. The minimum Gasteiger partial charge on any atom is -0.359 e. The van der Waals surface area contributed by atoms with Crippen LogP contribution in [0.1, 0.15) is 20.8 Å². The van der Waals surface area contributed by atoms with E-state index in [1.54, 1.807) is 17.0 Å². The first kappa shape index (κ1) is 14.2. The number of rotatable bonds is 6. The summed E-state index contributed by atoms with van der Waals surface area (Å²) in [7, 11) is 0. The van der Waals surface area contributed by atoms with Crippen LogP contribution in [0.25, 0.3) is 0 Å². The lowest BCUT2D eigenvalue weighted by Gasteiger charge is -2.23. The smallest absolute Gasteiger partial charge is 0.244 e. The predicted molar refractivity (Wildman–Crippen MR) is 73.1 cm³/mol. The second kappa shape index (κ2) is 6.80. The number of hydrogen-bond acceptors (Lipinski definition) is 5. The molecule has 0 spiro atoms. The lowest BCUT2D eigenvalue weighted by atomic mass is 10.2. The summed E-state index contributed by atoms with van der Waals surface area (Å²) in [6, 6.07) is 5.05. The summed E-state index contributed by atoms with van der Waals surface area (Å²) in [5, 5.41) is 3.07. The summed E-state index contributed by atoms with van der Waals surface area (Å²) in [5.74, 6) is 6.53. The lowest BCUT2D eigenvalue weighted by molar-refractivity contribution is -0.131. The van der Waals surface area contributed by atoms with Gasteiger partial charge in [-0.15, -0.1) is 0 Å². The highest BCUT2D eigenvalue weighted by atomic mass is 16.2. The van der Waals surface area contributed by atoms with Gasteiger partial charge in [-0.2, -0.15) is 0 Å². The SMILES string of the molecule is CCN(CC)C(=O)C(C)Nc1cccc(NN)n1. The number of nitrogen functional groups attached to an aromatic ring is 1. The van der Waals surface area contributed by atoms with Crippen LogP contribution >= 0.6 is 0 Å². The molecular formula is C12H21N5O. The third kappa shape index (κ3) is 3.59. The van der Waals surface area contributed by atoms with E-state index in [9.17, 15) is 4.79 Å². The number of amides is 1. The molecule has 100 valence electrons. The largest absolute Gasteiger partial charge is 0.359 e. The van der Waals surface area contributed by atoms with Crippen molar-refractivity contribution < 1.29 is 4.79 Å². The number of hydrazine groups is 1. The Bertz CT molecular complexity index is 392. The first-order valence-corrected chi connectivity index (χ1v) is 6.11. The van der Waals surface area contributed by atoms with Gasteiger partial charge in [0.1, 0.15) is 17.7 Å². The number of likely N-dealkylation sites (N-methyl/N-ethyl adjacent to an activating group) is 1. The molecule has 1 aromatic rings. The van der Waals surface area contributed by atoms with Gasteiger partial charge in [-0.1, -0.05) is 6.07 Å². The van der Waals surface area contributed by atoms with Crippen LogP contribution in [-0.2, 0) is 4.79 Å². The molecule has 0 bridgehead atoms. The number of nitrogens with one attached hydrogen (secondary N) is 2. The van der Waals surface area contributed by atoms with E-state index in [0.717, 1.165) is 0 Å². The van der Waals surface area contributed by atoms with Crippen LogP contribution in [0.3, 0.4) is 0 Å². The van der Waals surface area contributed by atoms with Gasteiger partial charge in [-0.05, 0) is 32.9 Å². The Morgan fingerprint density at radius 2 is 2.00 bits per heavy atom. The number of nitrogens with zero attached hydrogens (tertiary/aromatic N) is 2. The molecule has 6 heteroatoms. The van der Waals surface area contributed by atoms with Crippen LogP contribution in [0.5, 0.6) is 0 Å². The van der Waals surface area contributed by atoms with Crippen molar-refractivity contribution in [2.75, 3.05) is 23.8 Å². The molecule has 1 atom stereocenters. The molecule has 0 saturated carbocycles. The van der Waals surface area contributed by atoms with Crippen LogP contribution in [0, 0.1) is 0 Å². The fourth-order valence-corrected chi connectivity index (χ4v) is 1.69. The first-order valence-electron chi connectivity index (χ1n) is 6.11. The first-order chi connectivity index (χ1) is 8.62. The molecule has 0 saturated heterocycles. The number of pyridine rings is 1. The zero-order chi connectivity index (χ0) is 13.5. The van der Waals surface area contributed by atoms with Crippen LogP contribution in [0.15, 0.2) is 18.2 Å². The maximum Gasteiger partial charge on any atom is 0.244 e. The molecule has 1 amide bonds. The van der Waals surface area contributed by atoms with Crippen molar-refractivity contribution in [3.8, 4) is 0 Å². The number of carbonyl (C=O) groups excluding carboxylic acids is 1. The second-order valence-electron chi connectivity index (χ2n) is 3.93. The summed E-state index contributed by atoms with van der Waals surface area (Å²) in [5.41, 5.74) is 2.47. The van der Waals surface area contributed by atoms with E-state index in [2.05, 4.69) is 15.7 Å². The van der Waals surface area contributed by atoms with E-state index in [0.29, 0.717) is 24.7 Å². The summed E-state index contributed by atoms with van der Waals surface area (Å²) >= 11 is 0. The maximum atomic E-state index is 12.1. The van der Waals surface area contributed by atoms with Crippen molar-refractivity contribution in [1.82, 2.24) is 9.88 Å². The number of carbonyl (C=O) groups is 1. The van der Waals surface area contributed by atoms with E-state index >= 15 is 0 Å². The summed E-state index contributed by atoms with van der Waals surface area (Å²) in [6.07, 6.45) is 0. The van der Waals surface area contributed by atoms with Gasteiger partial charge in [0.25, 0.3) is 0 Å². The Labute approximate surface area is 108 Å². The molecule has 4 N–H and O–H groups in total. The van der Waals surface area contributed by atoms with Gasteiger partial charge in [0.2, 0.25) is 5.91 Å². The van der Waals surface area contributed by atoms with Gasteiger partial charge in [-0.25, -0.2) is 10.8 Å². The number of aromatic nitrogens is 1. The zero-order valence-electron chi connectivity index (χ0n) is 11.1. The van der Waals surface area contributed by atoms with Gasteiger partial charge in [0.05, 0.1) is 0 Å². The van der Waals surface area contributed by atoms with Crippen molar-refractivity contribution >= 4 is 17.5 Å². The Kier molecular flexibility index (Phi) is 5.38. The zero-order valence-corrected chi connectivity index (χ0v) is 11.1. The fourth-order valence-electron chi connectivity index (χ4n) is 1.69. The molecule has 1 rings (SSSR count). The highest BCUT2D eigenvalue weighted by molar-refractivity contribution is 5.84. The monoisotopic (exact) mass is 251 g/mol. The van der Waals surface area contributed by atoms with Crippen molar-refractivity contribution in [3.05, 3.63) is 18.2 Å². The minimum absolute atomic E-state index is 0.0629. The molecule has 0 radical (unpaired) electrons. The Hall–Kier alpha value is -1.82. The van der Waals surface area contributed by atoms with Gasteiger partial charge in [0.15, 0.2) is 0 Å². The average molecular weight is 251 g/mol. The normalized spacial score (nSPS) is 11.8. The van der Waals surface area contributed by atoms with Crippen LogP contribution < -0.4 is 16.6 Å². The van der Waals surface area contributed by atoms with Crippen molar-refractivity contribution in [2.45, 2.75) is 26.8 Å². The number of nitrogens with two attached hydrogens (primary N) is 1. The quantitative estimate of drug-likeness (QED) is 0.519. The van der Waals surface area contributed by atoms with Crippen LogP contribution in [-0.4, -0.2) is 34.9 Å². The molecule has 0 aliphatic carbocycles. The van der Waals surface area contributed by atoms with E-state index in [4.69, 9.17) is 5.84 Å². The van der Waals surface area contributed by atoms with Crippen molar-refractivity contribution in [1.29, 1.82) is 0 Å². The fraction of sp³-hybridized carbons (Fsp3) is 0.500. The van der Waals surface area contributed by atoms with E-state index in [-0.39, 0.29) is 11.9 Å². The van der Waals surface area contributed by atoms with E-state index < -0.39 is 0 Å². The molecule has 1 unspecified atom stereocenters. The Morgan fingerprint density at radius 3 is 2.56 bits per heavy atom. The van der Waals surface area contributed by atoms with Crippen LogP contribution in [0.2, 0.25) is 0 Å². The molecule has 0 aliphatic heterocycles. The number of anilines is 2. The molecule has 0 aromatic carbocycles. The highest BCUT2D eigenvalue weighted by Gasteiger charge is 2.18. The summed E-state index contributed by atoms with van der Waals surface area (Å²) in [4.78, 5) is 18.0. The van der Waals surface area contributed by atoms with Gasteiger partial charge < -0.3 is 15.6 Å². The van der Waals surface area contributed by atoms with Gasteiger partial charge in [-0.3, -0.25) is 4.79 Å². The van der Waals surface area contributed by atoms with Gasteiger partial charge in [0, 0.05) is 13.1 Å². The van der Waals surface area contributed by atoms with Crippen LogP contribution in [0.4, 0.5) is 11.6 Å². The Balaban J connectivity index is 2.68. The predicted octanol–water partition coefficient (Wildman–Crippen LogP) is 1.04. The van der Waals surface area contributed by atoms with Crippen molar-refractivity contribution in [3.63, 3.8) is 0 Å². The molecule has 0 fully saturated rings. The third-order valence-electron chi connectivity index (χ3n) is 2.71.